The predicted molar refractivity (Wildman–Crippen MR) is 124 cm³/mol. The Labute approximate surface area is 183 Å². The van der Waals surface area contributed by atoms with E-state index in [1.807, 2.05) is 11.3 Å². The first-order valence-corrected chi connectivity index (χ1v) is 12.2. The molecule has 29 heavy (non-hydrogen) atoms. The quantitative estimate of drug-likeness (QED) is 0.361. The number of hydrogen-bond acceptors (Lipinski definition) is 6. The smallest absolute Gasteiger partial charge is 0.399 e. The molecule has 0 amide bonds. The van der Waals surface area contributed by atoms with Crippen LogP contribution in [0.2, 0.25) is 0 Å². The fraction of sp³-hybridized carbons (Fsp3) is 0.636. The standard InChI is InChI=1S/C22H33BO4S2/c1-6-7-13-24-15-16-25-14-12-17-8-9-18(28-17)19-10-11-20(29-19)23-26-21(2,3)22(4,5)27-23/h8-11H,6-7,12-16H2,1-5H3. The van der Waals surface area contributed by atoms with E-state index in [0.717, 1.165) is 30.8 Å². The van der Waals surface area contributed by atoms with Gasteiger partial charge in [0, 0.05) is 32.4 Å². The first-order chi connectivity index (χ1) is 13.8. The highest BCUT2D eigenvalue weighted by molar-refractivity contribution is 7.28. The van der Waals surface area contributed by atoms with Gasteiger partial charge in [-0.15, -0.1) is 22.7 Å². The zero-order valence-electron chi connectivity index (χ0n) is 18.3. The molecule has 0 unspecified atom stereocenters. The van der Waals surface area contributed by atoms with E-state index >= 15 is 0 Å². The topological polar surface area (TPSA) is 36.9 Å². The lowest BCUT2D eigenvalue weighted by Gasteiger charge is -2.32. The van der Waals surface area contributed by atoms with Gasteiger partial charge in [-0.2, -0.15) is 0 Å². The molecule has 0 spiro atoms. The van der Waals surface area contributed by atoms with Crippen molar-refractivity contribution < 1.29 is 18.8 Å². The molecule has 0 bridgehead atoms. The Morgan fingerprint density at radius 3 is 2.14 bits per heavy atom. The summed E-state index contributed by atoms with van der Waals surface area (Å²) in [6, 6.07) is 8.71. The molecule has 3 rings (SSSR count). The van der Waals surface area contributed by atoms with Crippen molar-refractivity contribution in [3.8, 4) is 9.75 Å². The van der Waals surface area contributed by atoms with Gasteiger partial charge in [0.1, 0.15) is 0 Å². The summed E-state index contributed by atoms with van der Waals surface area (Å²) < 4.78 is 24.7. The van der Waals surface area contributed by atoms with E-state index in [0.29, 0.717) is 13.2 Å². The highest BCUT2D eigenvalue weighted by Crippen LogP contribution is 2.38. The number of rotatable bonds is 11. The van der Waals surface area contributed by atoms with Crippen molar-refractivity contribution in [1.82, 2.24) is 0 Å². The lowest BCUT2D eigenvalue weighted by Crippen LogP contribution is -2.41. The van der Waals surface area contributed by atoms with Gasteiger partial charge >= 0.3 is 7.12 Å². The summed E-state index contributed by atoms with van der Waals surface area (Å²) in [5, 5.41) is 0. The van der Waals surface area contributed by atoms with E-state index in [9.17, 15) is 0 Å². The molecule has 160 valence electrons. The van der Waals surface area contributed by atoms with Gasteiger partial charge in [-0.1, -0.05) is 19.4 Å². The maximum absolute atomic E-state index is 6.18. The predicted octanol–water partition coefficient (Wildman–Crippen LogP) is 5.15. The van der Waals surface area contributed by atoms with Crippen LogP contribution in [0.4, 0.5) is 0 Å². The number of unbranched alkanes of at least 4 members (excludes halogenated alkanes) is 1. The molecule has 0 N–H and O–H groups in total. The van der Waals surface area contributed by atoms with Gasteiger partial charge in [0.2, 0.25) is 0 Å². The average molecular weight is 436 g/mol. The third-order valence-corrected chi connectivity index (χ3v) is 7.97. The molecule has 7 heteroatoms. The molecule has 2 aromatic rings. The molecular formula is C22H33BO4S2. The van der Waals surface area contributed by atoms with E-state index < -0.39 is 0 Å². The zero-order chi connectivity index (χ0) is 20.9. The van der Waals surface area contributed by atoms with Crippen molar-refractivity contribution in [2.75, 3.05) is 26.4 Å². The molecule has 0 radical (unpaired) electrons. The molecular weight excluding hydrogens is 403 g/mol. The van der Waals surface area contributed by atoms with Crippen LogP contribution in [-0.4, -0.2) is 44.7 Å². The Kier molecular flexibility index (Phi) is 7.98. The summed E-state index contributed by atoms with van der Waals surface area (Å²) in [5.41, 5.74) is -0.613. The van der Waals surface area contributed by atoms with E-state index in [1.54, 1.807) is 11.3 Å². The molecule has 0 aliphatic carbocycles. The van der Waals surface area contributed by atoms with Crippen molar-refractivity contribution in [3.05, 3.63) is 29.1 Å². The molecule has 1 saturated heterocycles. The van der Waals surface area contributed by atoms with Crippen LogP contribution in [0, 0.1) is 0 Å². The van der Waals surface area contributed by atoms with Gasteiger partial charge < -0.3 is 18.8 Å². The van der Waals surface area contributed by atoms with Crippen LogP contribution in [-0.2, 0) is 25.2 Å². The minimum absolute atomic E-state index is 0.286. The molecule has 1 aliphatic heterocycles. The van der Waals surface area contributed by atoms with Gasteiger partial charge in [0.15, 0.2) is 0 Å². The molecule has 0 aromatic carbocycles. The minimum Gasteiger partial charge on any atom is -0.399 e. The zero-order valence-corrected chi connectivity index (χ0v) is 19.9. The van der Waals surface area contributed by atoms with Gasteiger partial charge in [-0.05, 0) is 52.3 Å². The molecule has 1 aliphatic rings. The van der Waals surface area contributed by atoms with E-state index in [2.05, 4.69) is 58.9 Å². The van der Waals surface area contributed by atoms with Crippen molar-refractivity contribution >= 4 is 34.6 Å². The Morgan fingerprint density at radius 2 is 1.45 bits per heavy atom. The number of thiophene rings is 2. The van der Waals surface area contributed by atoms with Crippen molar-refractivity contribution in [2.24, 2.45) is 0 Å². The molecule has 0 atom stereocenters. The van der Waals surface area contributed by atoms with Crippen LogP contribution >= 0.6 is 22.7 Å². The normalized spacial score (nSPS) is 17.9. The van der Waals surface area contributed by atoms with Crippen LogP contribution in [0.25, 0.3) is 9.75 Å². The van der Waals surface area contributed by atoms with E-state index in [4.69, 9.17) is 18.8 Å². The SMILES string of the molecule is CCCCOCCOCCc1ccc(-c2ccc(B3OC(C)(C)C(C)(C)O3)s2)s1. The van der Waals surface area contributed by atoms with Gasteiger partial charge in [-0.3, -0.25) is 0 Å². The van der Waals surface area contributed by atoms with E-state index in [1.165, 1.54) is 21.1 Å². The Balaban J connectivity index is 1.47. The van der Waals surface area contributed by atoms with Gasteiger partial charge in [0.25, 0.3) is 0 Å². The maximum Gasteiger partial charge on any atom is 0.505 e. The third-order valence-electron chi connectivity index (χ3n) is 5.52. The summed E-state index contributed by atoms with van der Waals surface area (Å²) in [7, 11) is -0.286. The van der Waals surface area contributed by atoms with Crippen LogP contribution in [0.1, 0.15) is 52.3 Å². The first-order valence-electron chi connectivity index (χ1n) is 10.5. The lowest BCUT2D eigenvalue weighted by atomic mass is 9.88. The van der Waals surface area contributed by atoms with Crippen LogP contribution in [0.15, 0.2) is 24.3 Å². The highest BCUT2D eigenvalue weighted by Gasteiger charge is 2.52. The largest absolute Gasteiger partial charge is 0.505 e. The summed E-state index contributed by atoms with van der Waals surface area (Å²) in [4.78, 5) is 3.89. The number of ether oxygens (including phenoxy) is 2. The minimum atomic E-state index is -0.307. The van der Waals surface area contributed by atoms with Crippen LogP contribution < -0.4 is 4.78 Å². The lowest BCUT2D eigenvalue weighted by molar-refractivity contribution is 0.00578. The molecule has 1 fully saturated rings. The van der Waals surface area contributed by atoms with Crippen LogP contribution in [0.3, 0.4) is 0 Å². The molecule has 4 nitrogen and oxygen atoms in total. The molecule has 2 aromatic heterocycles. The summed E-state index contributed by atoms with van der Waals surface area (Å²) in [5.74, 6) is 0. The second kappa shape index (κ2) is 10.1. The molecule has 0 saturated carbocycles. The molecule has 3 heterocycles. The van der Waals surface area contributed by atoms with E-state index in [-0.39, 0.29) is 18.3 Å². The second-order valence-electron chi connectivity index (χ2n) is 8.38. The summed E-state index contributed by atoms with van der Waals surface area (Å²) in [6.07, 6.45) is 3.23. The third kappa shape index (κ3) is 5.93. The Bertz CT molecular complexity index is 752. The summed E-state index contributed by atoms with van der Waals surface area (Å²) in [6.45, 7) is 13.5. The highest BCUT2D eigenvalue weighted by atomic mass is 32.1. The second-order valence-corrected chi connectivity index (χ2v) is 10.7. The first kappa shape index (κ1) is 23.0. The van der Waals surface area contributed by atoms with Crippen molar-refractivity contribution in [2.45, 2.75) is 65.1 Å². The summed E-state index contributed by atoms with van der Waals surface area (Å²) >= 11 is 3.59. The average Bonchev–Trinajstić information content (AvgIpc) is 3.36. The maximum atomic E-state index is 6.18. The van der Waals surface area contributed by atoms with Crippen LogP contribution in [0.5, 0.6) is 0 Å². The van der Waals surface area contributed by atoms with Gasteiger partial charge in [0.05, 0.1) is 31.0 Å². The van der Waals surface area contributed by atoms with Crippen molar-refractivity contribution in [1.29, 1.82) is 0 Å². The van der Waals surface area contributed by atoms with Gasteiger partial charge in [-0.25, -0.2) is 0 Å². The fourth-order valence-electron chi connectivity index (χ4n) is 2.96. The van der Waals surface area contributed by atoms with Crippen molar-refractivity contribution in [3.63, 3.8) is 0 Å². The Morgan fingerprint density at radius 1 is 0.828 bits per heavy atom. The number of hydrogen-bond donors (Lipinski definition) is 0. The Hall–Kier alpha value is -0.695. The fourth-order valence-corrected chi connectivity index (χ4v) is 5.00. The monoisotopic (exact) mass is 436 g/mol.